The highest BCUT2D eigenvalue weighted by molar-refractivity contribution is 7.99. The Morgan fingerprint density at radius 3 is 2.68 bits per heavy atom. The summed E-state index contributed by atoms with van der Waals surface area (Å²) in [4.78, 5) is 44.5. The first-order valence-corrected chi connectivity index (χ1v) is 13.3. The van der Waals surface area contributed by atoms with Crippen LogP contribution in [0.1, 0.15) is 62.2 Å². The van der Waals surface area contributed by atoms with Crippen molar-refractivity contribution >= 4 is 34.5 Å². The molecule has 2 N–H and O–H groups in total. The SMILES string of the molecule is CCCCCn1c(SC[C@H]2CCCO2)nc2cc(C(=O)N3CCC(C(N)=O)CC3)ccc2c1=O. The first kappa shape index (κ1) is 24.7. The zero-order valence-corrected chi connectivity index (χ0v) is 20.6. The van der Waals surface area contributed by atoms with Crippen molar-refractivity contribution in [3.63, 3.8) is 0 Å². The maximum absolute atomic E-state index is 13.4. The van der Waals surface area contributed by atoms with Crippen LogP contribution in [0.4, 0.5) is 0 Å². The number of aromatic nitrogens is 2. The number of fused-ring (bicyclic) bond motifs is 1. The van der Waals surface area contributed by atoms with Crippen molar-refractivity contribution in [2.24, 2.45) is 11.7 Å². The van der Waals surface area contributed by atoms with Gasteiger partial charge in [-0.3, -0.25) is 19.0 Å². The van der Waals surface area contributed by atoms with Crippen LogP contribution in [0.3, 0.4) is 0 Å². The molecule has 2 amide bonds. The quantitative estimate of drug-likeness (QED) is 0.331. The summed E-state index contributed by atoms with van der Waals surface area (Å²) in [6.45, 7) is 4.57. The Balaban J connectivity index is 1.59. The van der Waals surface area contributed by atoms with E-state index in [2.05, 4.69) is 6.92 Å². The molecule has 184 valence electrons. The fourth-order valence-corrected chi connectivity index (χ4v) is 5.74. The molecular weight excluding hydrogens is 452 g/mol. The number of carbonyl (C=O) groups is 2. The number of rotatable bonds is 9. The highest BCUT2D eigenvalue weighted by atomic mass is 32.2. The highest BCUT2D eigenvalue weighted by Crippen LogP contribution is 2.25. The minimum absolute atomic E-state index is 0.0581. The summed E-state index contributed by atoms with van der Waals surface area (Å²) in [5.74, 6) is 0.188. The van der Waals surface area contributed by atoms with Gasteiger partial charge in [0.25, 0.3) is 11.5 Å². The van der Waals surface area contributed by atoms with Gasteiger partial charge >= 0.3 is 0 Å². The van der Waals surface area contributed by atoms with E-state index in [1.54, 1.807) is 39.4 Å². The van der Waals surface area contributed by atoms with Gasteiger partial charge < -0.3 is 15.4 Å². The van der Waals surface area contributed by atoms with E-state index in [1.807, 2.05) is 0 Å². The molecule has 8 nitrogen and oxygen atoms in total. The van der Waals surface area contributed by atoms with Crippen molar-refractivity contribution in [3.05, 3.63) is 34.1 Å². The van der Waals surface area contributed by atoms with Gasteiger partial charge in [-0.2, -0.15) is 0 Å². The lowest BCUT2D eigenvalue weighted by Gasteiger charge is -2.30. The molecule has 0 unspecified atom stereocenters. The van der Waals surface area contributed by atoms with Crippen LogP contribution in [0, 0.1) is 5.92 Å². The molecule has 2 aliphatic heterocycles. The Morgan fingerprint density at radius 2 is 2.00 bits per heavy atom. The molecule has 2 aliphatic rings. The Hall–Kier alpha value is -2.39. The van der Waals surface area contributed by atoms with Gasteiger partial charge in [0.2, 0.25) is 5.91 Å². The van der Waals surface area contributed by atoms with Crippen LogP contribution in [-0.4, -0.2) is 57.8 Å². The summed E-state index contributed by atoms with van der Waals surface area (Å²) >= 11 is 1.56. The molecule has 0 radical (unpaired) electrons. The van der Waals surface area contributed by atoms with Gasteiger partial charge in [0, 0.05) is 43.5 Å². The Bertz CT molecular complexity index is 1090. The molecule has 9 heteroatoms. The Kier molecular flexibility index (Phi) is 8.26. The molecule has 3 heterocycles. The monoisotopic (exact) mass is 486 g/mol. The van der Waals surface area contributed by atoms with Crippen LogP contribution in [0.15, 0.2) is 28.2 Å². The molecule has 34 heavy (non-hydrogen) atoms. The molecule has 2 saturated heterocycles. The molecule has 2 fully saturated rings. The van der Waals surface area contributed by atoms with Crippen molar-refractivity contribution < 1.29 is 14.3 Å². The third-order valence-corrected chi connectivity index (χ3v) is 7.87. The molecule has 1 atom stereocenters. The number of thioether (sulfide) groups is 1. The molecule has 0 bridgehead atoms. The smallest absolute Gasteiger partial charge is 0.262 e. The van der Waals surface area contributed by atoms with Crippen molar-refractivity contribution in [1.82, 2.24) is 14.5 Å². The highest BCUT2D eigenvalue weighted by Gasteiger charge is 2.27. The predicted molar refractivity (Wildman–Crippen MR) is 133 cm³/mol. The summed E-state index contributed by atoms with van der Waals surface area (Å²) in [5, 5.41) is 1.22. The lowest BCUT2D eigenvalue weighted by atomic mass is 9.96. The zero-order chi connectivity index (χ0) is 24.1. The van der Waals surface area contributed by atoms with Gasteiger partial charge in [0.05, 0.1) is 17.0 Å². The summed E-state index contributed by atoms with van der Waals surface area (Å²) < 4.78 is 7.54. The van der Waals surface area contributed by atoms with Crippen LogP contribution in [0.5, 0.6) is 0 Å². The molecule has 2 aromatic rings. The lowest BCUT2D eigenvalue weighted by molar-refractivity contribution is -0.123. The third kappa shape index (κ3) is 5.63. The normalized spacial score (nSPS) is 19.1. The Morgan fingerprint density at radius 1 is 1.21 bits per heavy atom. The van der Waals surface area contributed by atoms with Crippen molar-refractivity contribution in [2.75, 3.05) is 25.4 Å². The van der Waals surface area contributed by atoms with Crippen LogP contribution in [0.2, 0.25) is 0 Å². The van der Waals surface area contributed by atoms with Crippen LogP contribution in [-0.2, 0) is 16.1 Å². The van der Waals surface area contributed by atoms with E-state index in [0.29, 0.717) is 54.1 Å². The van der Waals surface area contributed by atoms with E-state index in [4.69, 9.17) is 15.5 Å². The first-order valence-electron chi connectivity index (χ1n) is 12.4. The number of primary amides is 1. The van der Waals surface area contributed by atoms with Crippen LogP contribution < -0.4 is 11.3 Å². The second-order valence-electron chi connectivity index (χ2n) is 9.21. The molecular formula is C25H34N4O4S. The predicted octanol–water partition coefficient (Wildman–Crippen LogP) is 3.20. The number of unbranched alkanes of at least 4 members (excludes halogenated alkanes) is 2. The molecule has 1 aromatic heterocycles. The number of carbonyl (C=O) groups excluding carboxylic acids is 2. The maximum Gasteiger partial charge on any atom is 0.262 e. The van der Waals surface area contributed by atoms with E-state index in [1.165, 1.54) is 0 Å². The van der Waals surface area contributed by atoms with E-state index in [0.717, 1.165) is 44.5 Å². The van der Waals surface area contributed by atoms with Gasteiger partial charge in [0.15, 0.2) is 5.16 Å². The van der Waals surface area contributed by atoms with Crippen LogP contribution in [0.25, 0.3) is 10.9 Å². The van der Waals surface area contributed by atoms with E-state index < -0.39 is 0 Å². The fourth-order valence-electron chi connectivity index (χ4n) is 4.65. The first-order chi connectivity index (χ1) is 16.5. The molecule has 4 rings (SSSR count). The minimum atomic E-state index is -0.301. The number of piperidine rings is 1. The van der Waals surface area contributed by atoms with E-state index in [9.17, 15) is 14.4 Å². The van der Waals surface area contributed by atoms with Crippen molar-refractivity contribution in [2.45, 2.75) is 69.7 Å². The number of nitrogens with two attached hydrogens (primary N) is 1. The molecule has 0 aliphatic carbocycles. The second kappa shape index (κ2) is 11.4. The standard InChI is InChI=1S/C25H34N4O4S/c1-2-3-4-11-29-24(32)20-8-7-18(23(31)28-12-9-17(10-13-28)22(26)30)15-21(20)27-25(29)34-16-19-6-5-14-33-19/h7-8,15,17,19H,2-6,9-14,16H2,1H3,(H2,26,30)/t19-/m1/s1. The number of likely N-dealkylation sites (tertiary alicyclic amines) is 1. The maximum atomic E-state index is 13.4. The number of benzene rings is 1. The molecule has 0 spiro atoms. The zero-order valence-electron chi connectivity index (χ0n) is 19.8. The average Bonchev–Trinajstić information content (AvgIpc) is 3.37. The number of nitrogens with zero attached hydrogens (tertiary/aromatic N) is 3. The minimum Gasteiger partial charge on any atom is -0.377 e. The number of ether oxygens (including phenoxy) is 1. The van der Waals surface area contributed by atoms with Gasteiger partial charge in [-0.25, -0.2) is 4.98 Å². The second-order valence-corrected chi connectivity index (χ2v) is 10.2. The largest absolute Gasteiger partial charge is 0.377 e. The van der Waals surface area contributed by atoms with E-state index >= 15 is 0 Å². The lowest BCUT2D eigenvalue weighted by Crippen LogP contribution is -2.41. The summed E-state index contributed by atoms with van der Waals surface area (Å²) in [6, 6.07) is 5.16. The topological polar surface area (TPSA) is 108 Å². The number of hydrogen-bond acceptors (Lipinski definition) is 6. The molecule has 0 saturated carbocycles. The van der Waals surface area contributed by atoms with Gasteiger partial charge in [-0.15, -0.1) is 0 Å². The summed E-state index contributed by atoms with van der Waals surface area (Å²) in [7, 11) is 0. The van der Waals surface area contributed by atoms with Crippen molar-refractivity contribution in [1.29, 1.82) is 0 Å². The van der Waals surface area contributed by atoms with E-state index in [-0.39, 0.29) is 29.4 Å². The average molecular weight is 487 g/mol. The van der Waals surface area contributed by atoms with Gasteiger partial charge in [0.1, 0.15) is 0 Å². The Labute approximate surface area is 204 Å². The molecule has 1 aromatic carbocycles. The summed E-state index contributed by atoms with van der Waals surface area (Å²) in [5.41, 5.74) is 6.41. The summed E-state index contributed by atoms with van der Waals surface area (Å²) in [6.07, 6.45) is 6.52. The van der Waals surface area contributed by atoms with Gasteiger partial charge in [-0.1, -0.05) is 31.5 Å². The van der Waals surface area contributed by atoms with Crippen molar-refractivity contribution in [3.8, 4) is 0 Å². The number of hydrogen-bond donors (Lipinski definition) is 1. The fraction of sp³-hybridized carbons (Fsp3) is 0.600. The third-order valence-electron chi connectivity index (χ3n) is 6.76. The van der Waals surface area contributed by atoms with Gasteiger partial charge in [-0.05, 0) is 50.3 Å². The number of amides is 2. The van der Waals surface area contributed by atoms with Crippen LogP contribution >= 0.6 is 11.8 Å².